The number of fused-ring (bicyclic) bond motifs is 12. The Morgan fingerprint density at radius 2 is 0.942 bits per heavy atom. The molecule has 69 heavy (non-hydrogen) atoms. The van der Waals surface area contributed by atoms with Crippen LogP contribution in [-0.4, -0.2) is 0 Å². The Hall–Kier alpha value is -8.40. The normalized spacial score (nSPS) is 14.0. The van der Waals surface area contributed by atoms with E-state index in [2.05, 4.69) is 233 Å². The van der Waals surface area contributed by atoms with E-state index in [1.54, 1.807) is 0 Å². The van der Waals surface area contributed by atoms with Gasteiger partial charge in [-0.3, -0.25) is 0 Å². The Bertz CT molecular complexity index is 4090. The molecule has 14 rings (SSSR count). The Morgan fingerprint density at radius 1 is 0.333 bits per heavy atom. The standard InChI is InChI=1S/C66H47NO2/c1-65(2)56-36-32-41(38-54(56)49-35-31-43(39-57(49)65)47-21-12-23-52-50-18-6-9-26-59(50)69-64(47)52)40-29-33-44(34-30-40)67(58-25-13-22-51-48-17-5-8-24-55(48)66(3,4)63(51)58)45-16-11-15-42(37-45)46-20-14-28-61-62(46)53-19-7-10-27-60(53)68-61/h5-39H,1-4H3. The highest BCUT2D eigenvalue weighted by molar-refractivity contribution is 6.13. The van der Waals surface area contributed by atoms with E-state index in [1.165, 1.54) is 66.9 Å². The van der Waals surface area contributed by atoms with Crippen molar-refractivity contribution < 1.29 is 8.83 Å². The second-order valence-electron chi connectivity index (χ2n) is 20.0. The fourth-order valence-corrected chi connectivity index (χ4v) is 12.1. The number of rotatable bonds is 6. The molecule has 0 spiro atoms. The van der Waals surface area contributed by atoms with Gasteiger partial charge >= 0.3 is 0 Å². The van der Waals surface area contributed by atoms with E-state index in [4.69, 9.17) is 8.83 Å². The third-order valence-corrected chi connectivity index (χ3v) is 15.5. The van der Waals surface area contributed by atoms with Gasteiger partial charge in [-0.2, -0.15) is 0 Å². The summed E-state index contributed by atoms with van der Waals surface area (Å²) in [7, 11) is 0. The van der Waals surface area contributed by atoms with Gasteiger partial charge in [0, 0.05) is 49.3 Å². The summed E-state index contributed by atoms with van der Waals surface area (Å²) in [6.07, 6.45) is 0. The van der Waals surface area contributed by atoms with Crippen LogP contribution in [0.1, 0.15) is 49.9 Å². The van der Waals surface area contributed by atoms with Crippen molar-refractivity contribution in [2.45, 2.75) is 38.5 Å². The zero-order chi connectivity index (χ0) is 46.2. The van der Waals surface area contributed by atoms with Crippen molar-refractivity contribution in [2.75, 3.05) is 4.90 Å². The summed E-state index contributed by atoms with van der Waals surface area (Å²) in [4.78, 5) is 2.47. The number of nitrogens with zero attached hydrogens (tertiary/aromatic N) is 1. The monoisotopic (exact) mass is 885 g/mol. The summed E-state index contributed by atoms with van der Waals surface area (Å²) in [6, 6.07) is 77.6. The maximum absolute atomic E-state index is 6.49. The van der Waals surface area contributed by atoms with Crippen molar-refractivity contribution in [1.82, 2.24) is 0 Å². The van der Waals surface area contributed by atoms with E-state index < -0.39 is 0 Å². The van der Waals surface area contributed by atoms with Crippen LogP contribution < -0.4 is 4.90 Å². The Labute approximate surface area is 401 Å². The van der Waals surface area contributed by atoms with Gasteiger partial charge in [0.05, 0.1) is 5.69 Å². The van der Waals surface area contributed by atoms with E-state index in [-0.39, 0.29) is 10.8 Å². The first-order chi connectivity index (χ1) is 33.7. The first-order valence-electron chi connectivity index (χ1n) is 24.1. The number of benzene rings is 10. The summed E-state index contributed by atoms with van der Waals surface area (Å²) in [5.41, 5.74) is 24.2. The van der Waals surface area contributed by atoms with Crippen LogP contribution in [0.5, 0.6) is 0 Å². The highest BCUT2D eigenvalue weighted by Gasteiger charge is 2.39. The average Bonchev–Trinajstić information content (AvgIpc) is 4.09. The van der Waals surface area contributed by atoms with Crippen molar-refractivity contribution in [3.63, 3.8) is 0 Å². The minimum atomic E-state index is -0.213. The van der Waals surface area contributed by atoms with Gasteiger partial charge in [0.2, 0.25) is 0 Å². The van der Waals surface area contributed by atoms with Gasteiger partial charge in [0.15, 0.2) is 0 Å². The molecule has 0 fully saturated rings. The van der Waals surface area contributed by atoms with Crippen LogP contribution in [0.3, 0.4) is 0 Å². The molecule has 0 atom stereocenters. The molecule has 3 heteroatoms. The van der Waals surface area contributed by atoms with Crippen LogP contribution in [0.15, 0.2) is 221 Å². The maximum atomic E-state index is 6.49. The molecular formula is C66H47NO2. The summed E-state index contributed by atoms with van der Waals surface area (Å²) in [5, 5.41) is 4.57. The van der Waals surface area contributed by atoms with Gasteiger partial charge in [-0.25, -0.2) is 0 Å². The van der Waals surface area contributed by atoms with Crippen LogP contribution in [-0.2, 0) is 10.8 Å². The molecule has 10 aromatic carbocycles. The average molecular weight is 886 g/mol. The lowest BCUT2D eigenvalue weighted by Crippen LogP contribution is -2.20. The number of hydrogen-bond donors (Lipinski definition) is 0. The maximum Gasteiger partial charge on any atom is 0.143 e. The lowest BCUT2D eigenvalue weighted by Gasteiger charge is -2.32. The molecule has 2 aliphatic carbocycles. The summed E-state index contributed by atoms with van der Waals surface area (Å²) in [6.45, 7) is 9.47. The molecule has 2 heterocycles. The largest absolute Gasteiger partial charge is 0.456 e. The zero-order valence-electron chi connectivity index (χ0n) is 39.0. The topological polar surface area (TPSA) is 29.5 Å². The number of para-hydroxylation sites is 3. The van der Waals surface area contributed by atoms with Gasteiger partial charge in [0.1, 0.15) is 22.3 Å². The Balaban J connectivity index is 0.874. The van der Waals surface area contributed by atoms with Gasteiger partial charge < -0.3 is 13.7 Å². The van der Waals surface area contributed by atoms with Gasteiger partial charge in [-0.15, -0.1) is 0 Å². The molecule has 12 aromatic rings. The molecule has 0 unspecified atom stereocenters. The molecule has 0 bridgehead atoms. The Morgan fingerprint density at radius 3 is 1.81 bits per heavy atom. The molecule has 328 valence electrons. The molecule has 2 aromatic heterocycles. The van der Waals surface area contributed by atoms with Crippen LogP contribution in [0, 0.1) is 0 Å². The van der Waals surface area contributed by atoms with Crippen LogP contribution >= 0.6 is 0 Å². The third kappa shape index (κ3) is 5.80. The molecule has 0 aliphatic heterocycles. The van der Waals surface area contributed by atoms with E-state index >= 15 is 0 Å². The van der Waals surface area contributed by atoms with Gasteiger partial charge in [-0.1, -0.05) is 179 Å². The van der Waals surface area contributed by atoms with E-state index in [0.717, 1.165) is 71.9 Å². The van der Waals surface area contributed by atoms with Crippen molar-refractivity contribution in [3.8, 4) is 55.6 Å². The second-order valence-corrected chi connectivity index (χ2v) is 20.0. The van der Waals surface area contributed by atoms with Crippen molar-refractivity contribution in [2.24, 2.45) is 0 Å². The van der Waals surface area contributed by atoms with Crippen molar-refractivity contribution in [3.05, 3.63) is 235 Å². The summed E-state index contributed by atoms with van der Waals surface area (Å²) < 4.78 is 12.9. The predicted octanol–water partition coefficient (Wildman–Crippen LogP) is 18.6. The molecule has 3 nitrogen and oxygen atoms in total. The predicted molar refractivity (Wildman–Crippen MR) is 287 cm³/mol. The van der Waals surface area contributed by atoms with Crippen molar-refractivity contribution >= 4 is 60.9 Å². The van der Waals surface area contributed by atoms with Crippen molar-refractivity contribution in [1.29, 1.82) is 0 Å². The van der Waals surface area contributed by atoms with E-state index in [1.807, 2.05) is 12.1 Å². The fraction of sp³-hybridized carbons (Fsp3) is 0.0909. The number of anilines is 3. The van der Waals surface area contributed by atoms with Gasteiger partial charge in [-0.05, 0) is 133 Å². The minimum Gasteiger partial charge on any atom is -0.456 e. The van der Waals surface area contributed by atoms with Gasteiger partial charge in [0.25, 0.3) is 0 Å². The SMILES string of the molecule is CC1(C)c2ccc(-c3ccc(N(c4cccc(-c5cccc6oc7ccccc7c56)c4)c4cccc5c4C(C)(C)c4ccccc4-5)cc3)cc2-c2ccc(-c3cccc4c3oc3ccccc34)cc21. The molecule has 0 saturated carbocycles. The molecule has 0 saturated heterocycles. The molecular weight excluding hydrogens is 839 g/mol. The summed E-state index contributed by atoms with van der Waals surface area (Å²) >= 11 is 0. The quantitative estimate of drug-likeness (QED) is 0.167. The van der Waals surface area contributed by atoms with E-state index in [9.17, 15) is 0 Å². The fourth-order valence-electron chi connectivity index (χ4n) is 12.1. The first kappa shape index (κ1) is 39.7. The Kier molecular flexibility index (Phi) is 8.38. The molecule has 0 amide bonds. The second kappa shape index (κ2) is 14.6. The lowest BCUT2D eigenvalue weighted by atomic mass is 9.81. The highest BCUT2D eigenvalue weighted by Crippen LogP contribution is 2.55. The lowest BCUT2D eigenvalue weighted by molar-refractivity contribution is 0.660. The third-order valence-electron chi connectivity index (χ3n) is 15.5. The van der Waals surface area contributed by atoms with Crippen LogP contribution in [0.2, 0.25) is 0 Å². The van der Waals surface area contributed by atoms with E-state index in [0.29, 0.717) is 0 Å². The smallest absolute Gasteiger partial charge is 0.143 e. The highest BCUT2D eigenvalue weighted by atomic mass is 16.3. The van der Waals surface area contributed by atoms with Crippen LogP contribution in [0.25, 0.3) is 99.5 Å². The zero-order valence-corrected chi connectivity index (χ0v) is 39.0. The molecule has 0 N–H and O–H groups in total. The minimum absolute atomic E-state index is 0.167. The summed E-state index contributed by atoms with van der Waals surface area (Å²) in [5.74, 6) is 0. The molecule has 2 aliphatic rings. The number of furan rings is 2. The first-order valence-corrected chi connectivity index (χ1v) is 24.1. The van der Waals surface area contributed by atoms with Crippen LogP contribution in [0.4, 0.5) is 17.1 Å². The number of hydrogen-bond acceptors (Lipinski definition) is 3. The molecule has 0 radical (unpaired) electrons.